The second kappa shape index (κ2) is 7.78. The zero-order chi connectivity index (χ0) is 16.8. The third-order valence-corrected chi connectivity index (χ3v) is 4.70. The van der Waals surface area contributed by atoms with Crippen molar-refractivity contribution in [2.75, 3.05) is 25.1 Å². The fourth-order valence-corrected chi connectivity index (χ4v) is 3.17. The smallest absolute Gasteiger partial charge is 0.163 e. The van der Waals surface area contributed by atoms with E-state index >= 15 is 0 Å². The van der Waals surface area contributed by atoms with Gasteiger partial charge < -0.3 is 9.64 Å². The number of nitrogens with zero attached hydrogens (tertiary/aromatic N) is 4. The molecule has 0 aliphatic carbocycles. The van der Waals surface area contributed by atoms with Gasteiger partial charge in [-0.3, -0.25) is 0 Å². The molecule has 0 N–H and O–H groups in total. The molecular formula is C19H22N4O. The molecule has 0 spiro atoms. The predicted molar refractivity (Wildman–Crippen MR) is 93.0 cm³/mol. The fourth-order valence-electron chi connectivity index (χ4n) is 3.17. The minimum atomic E-state index is 0.369. The van der Waals surface area contributed by atoms with Gasteiger partial charge in [0.15, 0.2) is 11.5 Å². The normalized spacial score (nSPS) is 15.1. The largest absolute Gasteiger partial charge is 0.497 e. The molecule has 1 aromatic heterocycles. The molecule has 0 unspecified atom stereocenters. The van der Waals surface area contributed by atoms with Crippen molar-refractivity contribution in [2.24, 2.45) is 5.92 Å². The molecule has 5 nitrogen and oxygen atoms in total. The van der Waals surface area contributed by atoms with Gasteiger partial charge in [-0.2, -0.15) is 5.26 Å². The van der Waals surface area contributed by atoms with Crippen LogP contribution in [0.2, 0.25) is 0 Å². The Bertz CT molecular complexity index is 683. The molecule has 0 saturated carbocycles. The summed E-state index contributed by atoms with van der Waals surface area (Å²) in [5.41, 5.74) is 1.74. The van der Waals surface area contributed by atoms with Crippen LogP contribution in [0.4, 0.5) is 5.82 Å². The average molecular weight is 322 g/mol. The van der Waals surface area contributed by atoms with Crippen LogP contribution in [-0.2, 0) is 6.42 Å². The molecule has 1 fully saturated rings. The van der Waals surface area contributed by atoms with Crippen molar-refractivity contribution in [3.8, 4) is 11.8 Å². The van der Waals surface area contributed by atoms with Crippen LogP contribution in [0.5, 0.6) is 5.75 Å². The van der Waals surface area contributed by atoms with Crippen LogP contribution in [0.25, 0.3) is 0 Å². The standard InChI is InChI=1S/C19H22N4O/c1-24-18-7-4-15(5-8-18)2-3-16-10-12-23(13-11-16)19-9-6-17(14-20)21-22-19/h4-9,16H,2-3,10-13H2,1H3. The Morgan fingerprint density at radius 2 is 1.88 bits per heavy atom. The molecule has 3 rings (SSSR count). The summed E-state index contributed by atoms with van der Waals surface area (Å²) in [4.78, 5) is 2.26. The minimum absolute atomic E-state index is 0.369. The van der Waals surface area contributed by atoms with Crippen molar-refractivity contribution in [3.63, 3.8) is 0 Å². The Balaban J connectivity index is 1.46. The first-order chi connectivity index (χ1) is 11.8. The fraction of sp³-hybridized carbons (Fsp3) is 0.421. The van der Waals surface area contributed by atoms with E-state index in [0.29, 0.717) is 5.69 Å². The summed E-state index contributed by atoms with van der Waals surface area (Å²) >= 11 is 0. The second-order valence-electron chi connectivity index (χ2n) is 6.21. The van der Waals surface area contributed by atoms with Crippen LogP contribution < -0.4 is 9.64 Å². The molecule has 0 bridgehead atoms. The number of rotatable bonds is 5. The van der Waals surface area contributed by atoms with Gasteiger partial charge in [-0.05, 0) is 61.4 Å². The summed E-state index contributed by atoms with van der Waals surface area (Å²) in [6, 6.07) is 14.0. The minimum Gasteiger partial charge on any atom is -0.497 e. The monoisotopic (exact) mass is 322 g/mol. The van der Waals surface area contributed by atoms with E-state index in [2.05, 4.69) is 27.2 Å². The highest BCUT2D eigenvalue weighted by atomic mass is 16.5. The first-order valence-corrected chi connectivity index (χ1v) is 8.40. The van der Waals surface area contributed by atoms with Gasteiger partial charge in [-0.1, -0.05) is 12.1 Å². The Morgan fingerprint density at radius 3 is 2.46 bits per heavy atom. The molecular weight excluding hydrogens is 300 g/mol. The SMILES string of the molecule is COc1ccc(CCC2CCN(c3ccc(C#N)nn3)CC2)cc1. The van der Waals surface area contributed by atoms with Crippen molar-refractivity contribution in [3.05, 3.63) is 47.7 Å². The summed E-state index contributed by atoms with van der Waals surface area (Å²) in [6.07, 6.45) is 4.69. The van der Waals surface area contributed by atoms with Gasteiger partial charge in [0.1, 0.15) is 11.8 Å². The van der Waals surface area contributed by atoms with Gasteiger partial charge in [0.05, 0.1) is 7.11 Å². The topological polar surface area (TPSA) is 62.0 Å². The summed E-state index contributed by atoms with van der Waals surface area (Å²) in [5, 5.41) is 16.9. The van der Waals surface area contributed by atoms with Crippen LogP contribution in [0, 0.1) is 17.2 Å². The lowest BCUT2D eigenvalue weighted by molar-refractivity contribution is 0.380. The van der Waals surface area contributed by atoms with E-state index in [-0.39, 0.29) is 0 Å². The lowest BCUT2D eigenvalue weighted by Crippen LogP contribution is -2.34. The molecule has 24 heavy (non-hydrogen) atoms. The van der Waals surface area contributed by atoms with Gasteiger partial charge in [0.2, 0.25) is 0 Å². The number of piperidine rings is 1. The Kier molecular flexibility index (Phi) is 5.27. The summed E-state index contributed by atoms with van der Waals surface area (Å²) in [6.45, 7) is 2.02. The molecule has 0 amide bonds. The van der Waals surface area contributed by atoms with Crippen molar-refractivity contribution in [1.29, 1.82) is 5.26 Å². The first-order valence-electron chi connectivity index (χ1n) is 8.40. The molecule has 1 aliphatic heterocycles. The number of benzene rings is 1. The van der Waals surface area contributed by atoms with Gasteiger partial charge in [-0.15, -0.1) is 10.2 Å². The average Bonchev–Trinajstić information content (AvgIpc) is 2.67. The highest BCUT2D eigenvalue weighted by Crippen LogP contribution is 2.25. The maximum absolute atomic E-state index is 8.78. The van der Waals surface area contributed by atoms with Crippen LogP contribution >= 0.6 is 0 Å². The number of aromatic nitrogens is 2. The highest BCUT2D eigenvalue weighted by Gasteiger charge is 2.20. The second-order valence-corrected chi connectivity index (χ2v) is 6.21. The number of hydrogen-bond donors (Lipinski definition) is 0. The maximum Gasteiger partial charge on any atom is 0.163 e. The molecule has 1 aromatic carbocycles. The van der Waals surface area contributed by atoms with Gasteiger partial charge in [0.25, 0.3) is 0 Å². The first kappa shape index (κ1) is 16.3. The van der Waals surface area contributed by atoms with Crippen LogP contribution in [-0.4, -0.2) is 30.4 Å². The predicted octanol–water partition coefficient (Wildman–Crippen LogP) is 3.21. The molecule has 1 saturated heterocycles. The maximum atomic E-state index is 8.78. The van der Waals surface area contributed by atoms with Crippen molar-refractivity contribution >= 4 is 5.82 Å². The van der Waals surface area contributed by atoms with Gasteiger partial charge >= 0.3 is 0 Å². The van der Waals surface area contributed by atoms with Crippen LogP contribution in [0.3, 0.4) is 0 Å². The molecule has 0 radical (unpaired) electrons. The number of nitriles is 1. The van der Waals surface area contributed by atoms with E-state index in [1.54, 1.807) is 13.2 Å². The van der Waals surface area contributed by atoms with Crippen molar-refractivity contribution < 1.29 is 4.74 Å². The number of methoxy groups -OCH3 is 1. The number of aryl methyl sites for hydroxylation is 1. The lowest BCUT2D eigenvalue weighted by atomic mass is 9.90. The van der Waals surface area contributed by atoms with E-state index < -0.39 is 0 Å². The van der Waals surface area contributed by atoms with E-state index in [1.807, 2.05) is 24.3 Å². The van der Waals surface area contributed by atoms with E-state index in [1.165, 1.54) is 24.8 Å². The molecule has 5 heteroatoms. The quantitative estimate of drug-likeness (QED) is 0.846. The molecule has 0 atom stereocenters. The van der Waals surface area contributed by atoms with Crippen molar-refractivity contribution in [1.82, 2.24) is 10.2 Å². The molecule has 1 aliphatic rings. The third kappa shape index (κ3) is 4.02. The van der Waals surface area contributed by atoms with E-state index in [9.17, 15) is 0 Å². The Labute approximate surface area is 142 Å². The molecule has 124 valence electrons. The van der Waals surface area contributed by atoms with Gasteiger partial charge in [-0.25, -0.2) is 0 Å². The number of anilines is 1. The zero-order valence-corrected chi connectivity index (χ0v) is 14.0. The third-order valence-electron chi connectivity index (χ3n) is 4.70. The molecule has 2 heterocycles. The Hall–Kier alpha value is -2.61. The summed E-state index contributed by atoms with van der Waals surface area (Å²) in [5.74, 6) is 2.55. The summed E-state index contributed by atoms with van der Waals surface area (Å²) < 4.78 is 5.20. The zero-order valence-electron chi connectivity index (χ0n) is 14.0. The van der Waals surface area contributed by atoms with E-state index in [4.69, 9.17) is 10.00 Å². The Morgan fingerprint density at radius 1 is 1.12 bits per heavy atom. The summed E-state index contributed by atoms with van der Waals surface area (Å²) in [7, 11) is 1.70. The number of hydrogen-bond acceptors (Lipinski definition) is 5. The highest BCUT2D eigenvalue weighted by molar-refractivity contribution is 5.39. The van der Waals surface area contributed by atoms with E-state index in [0.717, 1.165) is 37.0 Å². The van der Waals surface area contributed by atoms with Gasteiger partial charge in [0, 0.05) is 13.1 Å². The van der Waals surface area contributed by atoms with Crippen LogP contribution in [0.15, 0.2) is 36.4 Å². The number of ether oxygens (including phenoxy) is 1. The molecule has 2 aromatic rings. The van der Waals surface area contributed by atoms with Crippen LogP contribution in [0.1, 0.15) is 30.5 Å². The van der Waals surface area contributed by atoms with Crippen molar-refractivity contribution in [2.45, 2.75) is 25.7 Å². The lowest BCUT2D eigenvalue weighted by Gasteiger charge is -2.32.